The first-order valence-corrected chi connectivity index (χ1v) is 6.60. The van der Waals surface area contributed by atoms with E-state index in [1.165, 1.54) is 25.7 Å². The van der Waals surface area contributed by atoms with Gasteiger partial charge in [-0.3, -0.25) is 0 Å². The summed E-state index contributed by atoms with van der Waals surface area (Å²) in [6, 6.07) is 0.662. The van der Waals surface area contributed by atoms with Gasteiger partial charge in [0.15, 0.2) is 0 Å². The molecule has 1 aliphatic carbocycles. The first-order chi connectivity index (χ1) is 8.29. The van der Waals surface area contributed by atoms with Gasteiger partial charge in [-0.1, -0.05) is 24.9 Å². The standard InChI is InChI=1S/C12H22N4O/c1-3-13-9(2)11-15-16-12(17-11)14-8-4-5-10-6-7-10/h9-10,13H,3-8H2,1-2H3,(H,14,16). The zero-order chi connectivity index (χ0) is 12.1. The molecule has 0 bridgehead atoms. The summed E-state index contributed by atoms with van der Waals surface area (Å²) in [6.45, 7) is 5.90. The first-order valence-electron chi connectivity index (χ1n) is 6.60. The van der Waals surface area contributed by atoms with Crippen LogP contribution in [-0.4, -0.2) is 23.3 Å². The van der Waals surface area contributed by atoms with Crippen LogP contribution in [0.3, 0.4) is 0 Å². The van der Waals surface area contributed by atoms with Crippen molar-refractivity contribution in [3.63, 3.8) is 0 Å². The minimum atomic E-state index is 0.120. The molecule has 0 saturated heterocycles. The second-order valence-electron chi connectivity index (χ2n) is 4.74. The monoisotopic (exact) mass is 238 g/mol. The molecule has 5 nitrogen and oxygen atoms in total. The van der Waals surface area contributed by atoms with E-state index < -0.39 is 0 Å². The van der Waals surface area contributed by atoms with Crippen LogP contribution in [-0.2, 0) is 0 Å². The zero-order valence-corrected chi connectivity index (χ0v) is 10.7. The fraction of sp³-hybridized carbons (Fsp3) is 0.833. The van der Waals surface area contributed by atoms with Crippen LogP contribution >= 0.6 is 0 Å². The van der Waals surface area contributed by atoms with E-state index in [1.54, 1.807) is 0 Å². The van der Waals surface area contributed by atoms with Gasteiger partial charge in [0.05, 0.1) is 6.04 Å². The van der Waals surface area contributed by atoms with Gasteiger partial charge in [-0.25, -0.2) is 0 Å². The third-order valence-corrected chi connectivity index (χ3v) is 3.08. The number of aromatic nitrogens is 2. The van der Waals surface area contributed by atoms with Gasteiger partial charge in [0.1, 0.15) is 0 Å². The Hall–Kier alpha value is -1.10. The Balaban J connectivity index is 1.69. The normalized spacial score (nSPS) is 17.1. The topological polar surface area (TPSA) is 63.0 Å². The van der Waals surface area contributed by atoms with Crippen LogP contribution in [0.5, 0.6) is 0 Å². The maximum absolute atomic E-state index is 5.52. The van der Waals surface area contributed by atoms with Gasteiger partial charge < -0.3 is 15.1 Å². The quantitative estimate of drug-likeness (QED) is 0.681. The Kier molecular flexibility index (Phi) is 4.36. The van der Waals surface area contributed by atoms with Crippen molar-refractivity contribution in [1.29, 1.82) is 0 Å². The predicted octanol–water partition coefficient (Wildman–Crippen LogP) is 2.34. The SMILES string of the molecule is CCNC(C)c1nnc(NCCCC2CC2)o1. The molecule has 1 unspecified atom stereocenters. The third kappa shape index (κ3) is 4.00. The lowest BCUT2D eigenvalue weighted by molar-refractivity contribution is 0.428. The number of rotatable bonds is 8. The highest BCUT2D eigenvalue weighted by Gasteiger charge is 2.20. The van der Waals surface area contributed by atoms with Gasteiger partial charge in [-0.05, 0) is 32.2 Å². The molecular weight excluding hydrogens is 216 g/mol. The summed E-state index contributed by atoms with van der Waals surface area (Å²) in [5, 5.41) is 14.4. The molecule has 1 saturated carbocycles. The van der Waals surface area contributed by atoms with E-state index in [0.29, 0.717) is 11.9 Å². The van der Waals surface area contributed by atoms with Crippen LogP contribution in [0.4, 0.5) is 6.01 Å². The van der Waals surface area contributed by atoms with Crippen molar-refractivity contribution < 1.29 is 4.42 Å². The van der Waals surface area contributed by atoms with Gasteiger partial charge in [-0.15, -0.1) is 5.10 Å². The molecule has 2 N–H and O–H groups in total. The summed E-state index contributed by atoms with van der Waals surface area (Å²) in [7, 11) is 0. The van der Waals surface area contributed by atoms with Crippen molar-refractivity contribution in [1.82, 2.24) is 15.5 Å². The Morgan fingerprint density at radius 3 is 2.94 bits per heavy atom. The van der Waals surface area contributed by atoms with Crippen LogP contribution < -0.4 is 10.6 Å². The Morgan fingerprint density at radius 2 is 2.24 bits per heavy atom. The second-order valence-corrected chi connectivity index (χ2v) is 4.74. The molecule has 17 heavy (non-hydrogen) atoms. The number of hydrogen-bond acceptors (Lipinski definition) is 5. The first kappa shape index (κ1) is 12.4. The molecule has 0 spiro atoms. The average molecular weight is 238 g/mol. The lowest BCUT2D eigenvalue weighted by Gasteiger charge is -2.05. The largest absolute Gasteiger partial charge is 0.406 e. The number of hydrogen-bond donors (Lipinski definition) is 2. The van der Waals surface area contributed by atoms with Crippen LogP contribution in [0, 0.1) is 5.92 Å². The second kappa shape index (κ2) is 6.00. The van der Waals surface area contributed by atoms with Gasteiger partial charge in [0.2, 0.25) is 5.89 Å². The van der Waals surface area contributed by atoms with Crippen LogP contribution in [0.2, 0.25) is 0 Å². The smallest absolute Gasteiger partial charge is 0.315 e. The van der Waals surface area contributed by atoms with E-state index >= 15 is 0 Å². The summed E-state index contributed by atoms with van der Waals surface area (Å²) >= 11 is 0. The van der Waals surface area contributed by atoms with E-state index in [1.807, 2.05) is 6.92 Å². The highest BCUT2D eigenvalue weighted by Crippen LogP contribution is 2.33. The number of anilines is 1. The lowest BCUT2D eigenvalue weighted by Crippen LogP contribution is -2.17. The minimum absolute atomic E-state index is 0.120. The maximum Gasteiger partial charge on any atom is 0.315 e. The summed E-state index contributed by atoms with van der Waals surface area (Å²) in [5.41, 5.74) is 0. The molecule has 1 heterocycles. The van der Waals surface area contributed by atoms with Gasteiger partial charge in [-0.2, -0.15) is 0 Å². The molecule has 1 atom stereocenters. The van der Waals surface area contributed by atoms with Gasteiger partial charge >= 0.3 is 6.01 Å². The summed E-state index contributed by atoms with van der Waals surface area (Å²) in [6.07, 6.45) is 5.35. The third-order valence-electron chi connectivity index (χ3n) is 3.08. The van der Waals surface area contributed by atoms with Crippen LogP contribution in [0.25, 0.3) is 0 Å². The number of nitrogens with zero attached hydrogens (tertiary/aromatic N) is 2. The maximum atomic E-state index is 5.52. The highest BCUT2D eigenvalue weighted by atomic mass is 16.4. The Labute approximate surface area is 102 Å². The molecule has 0 radical (unpaired) electrons. The molecule has 96 valence electrons. The minimum Gasteiger partial charge on any atom is -0.406 e. The van der Waals surface area contributed by atoms with Crippen LogP contribution in [0.1, 0.15) is 51.5 Å². The Morgan fingerprint density at radius 1 is 1.41 bits per heavy atom. The molecule has 5 heteroatoms. The van der Waals surface area contributed by atoms with Gasteiger partial charge in [0.25, 0.3) is 0 Å². The van der Waals surface area contributed by atoms with Crippen molar-refractivity contribution in [2.45, 2.75) is 45.6 Å². The summed E-state index contributed by atoms with van der Waals surface area (Å²) < 4.78 is 5.52. The molecule has 0 aromatic carbocycles. The number of nitrogens with one attached hydrogen (secondary N) is 2. The van der Waals surface area contributed by atoms with E-state index in [9.17, 15) is 0 Å². The summed E-state index contributed by atoms with van der Waals surface area (Å²) in [4.78, 5) is 0. The van der Waals surface area contributed by atoms with E-state index in [-0.39, 0.29) is 6.04 Å². The molecule has 1 fully saturated rings. The molecule has 0 amide bonds. The van der Waals surface area contributed by atoms with Crippen molar-refractivity contribution in [3.8, 4) is 0 Å². The molecule has 2 rings (SSSR count). The van der Waals surface area contributed by atoms with Crippen molar-refractivity contribution in [2.24, 2.45) is 5.92 Å². The van der Waals surface area contributed by atoms with Crippen LogP contribution in [0.15, 0.2) is 4.42 Å². The van der Waals surface area contributed by atoms with E-state index in [0.717, 1.165) is 19.0 Å². The van der Waals surface area contributed by atoms with Gasteiger partial charge in [0, 0.05) is 6.54 Å². The zero-order valence-electron chi connectivity index (χ0n) is 10.7. The summed E-state index contributed by atoms with van der Waals surface area (Å²) in [5.74, 6) is 1.64. The molecular formula is C12H22N4O. The van der Waals surface area contributed by atoms with Crippen molar-refractivity contribution in [3.05, 3.63) is 5.89 Å². The fourth-order valence-corrected chi connectivity index (χ4v) is 1.87. The molecule has 1 aliphatic rings. The van der Waals surface area contributed by atoms with Crippen molar-refractivity contribution >= 4 is 6.01 Å². The van der Waals surface area contributed by atoms with E-state index in [2.05, 4.69) is 27.8 Å². The molecule has 0 aliphatic heterocycles. The molecule has 1 aromatic heterocycles. The Bertz CT molecular complexity index is 335. The fourth-order valence-electron chi connectivity index (χ4n) is 1.87. The lowest BCUT2D eigenvalue weighted by atomic mass is 10.2. The average Bonchev–Trinajstić information content (AvgIpc) is 3.02. The van der Waals surface area contributed by atoms with E-state index in [4.69, 9.17) is 4.42 Å². The van der Waals surface area contributed by atoms with Crippen molar-refractivity contribution in [2.75, 3.05) is 18.4 Å². The highest BCUT2D eigenvalue weighted by molar-refractivity contribution is 5.16. The predicted molar refractivity (Wildman–Crippen MR) is 66.8 cm³/mol. The molecule has 1 aromatic rings.